The Kier molecular flexibility index (Phi) is 9.60. The first-order valence-corrected chi connectivity index (χ1v) is 20.9. The van der Waals surface area contributed by atoms with E-state index in [-0.39, 0.29) is 10.8 Å². The molecule has 1 aliphatic carbocycles. The Morgan fingerprint density at radius 2 is 0.559 bits per heavy atom. The number of para-hydroxylation sites is 2. The monoisotopic (exact) mass is 764 g/mol. The first-order chi connectivity index (χ1) is 28.5. The fraction of sp³-hybridized carbons (Fsp3) is 0.158. The summed E-state index contributed by atoms with van der Waals surface area (Å²) in [5.41, 5.74) is 16.7. The van der Waals surface area contributed by atoms with Crippen LogP contribution in [0.2, 0.25) is 0 Å². The lowest BCUT2D eigenvalue weighted by Gasteiger charge is -2.35. The van der Waals surface area contributed by atoms with E-state index in [1.165, 1.54) is 44.5 Å². The summed E-state index contributed by atoms with van der Waals surface area (Å²) in [5, 5.41) is 0. The molecule has 0 aromatic heterocycles. The van der Waals surface area contributed by atoms with Gasteiger partial charge >= 0.3 is 0 Å². The Balaban J connectivity index is 1.18. The van der Waals surface area contributed by atoms with Crippen molar-refractivity contribution < 1.29 is 0 Å². The molecule has 0 spiro atoms. The maximum Gasteiger partial charge on any atom is 0.0713 e. The molecule has 2 heteroatoms. The van der Waals surface area contributed by atoms with Gasteiger partial charge in [0.1, 0.15) is 0 Å². The van der Waals surface area contributed by atoms with Gasteiger partial charge in [-0.25, -0.2) is 0 Å². The van der Waals surface area contributed by atoms with Crippen molar-refractivity contribution in [3.63, 3.8) is 0 Å². The third-order valence-corrected chi connectivity index (χ3v) is 12.1. The average molecular weight is 765 g/mol. The molecule has 0 N–H and O–H groups in total. The molecule has 0 radical (unpaired) electrons. The first kappa shape index (κ1) is 37.9. The Hall–Kier alpha value is -6.64. The van der Waals surface area contributed by atoms with Gasteiger partial charge in [-0.3, -0.25) is 0 Å². The van der Waals surface area contributed by atoms with Gasteiger partial charge in [-0.1, -0.05) is 175 Å². The number of nitrogens with zero attached hydrogens (tertiary/aromatic N) is 2. The molecule has 0 fully saturated rings. The number of anilines is 6. The lowest BCUT2D eigenvalue weighted by atomic mass is 9.67. The molecular formula is C57H52N2. The molecule has 0 unspecified atom stereocenters. The summed E-state index contributed by atoms with van der Waals surface area (Å²) in [7, 11) is 0. The largest absolute Gasteiger partial charge is 0.311 e. The Morgan fingerprint density at radius 3 is 0.881 bits per heavy atom. The minimum absolute atomic E-state index is 0.0790. The third kappa shape index (κ3) is 6.83. The Morgan fingerprint density at radius 1 is 0.288 bits per heavy atom. The molecule has 8 aromatic rings. The zero-order chi connectivity index (χ0) is 40.8. The topological polar surface area (TPSA) is 6.48 Å². The number of rotatable bonds is 8. The van der Waals surface area contributed by atoms with Crippen molar-refractivity contribution in [3.05, 3.63) is 240 Å². The van der Waals surface area contributed by atoms with Crippen LogP contribution in [-0.2, 0) is 16.2 Å². The van der Waals surface area contributed by atoms with Gasteiger partial charge in [-0.15, -0.1) is 0 Å². The molecule has 290 valence electrons. The van der Waals surface area contributed by atoms with Gasteiger partial charge in [-0.05, 0) is 128 Å². The maximum atomic E-state index is 2.36. The molecule has 1 aliphatic rings. The Labute approximate surface area is 351 Å². The van der Waals surface area contributed by atoms with Gasteiger partial charge in [0.25, 0.3) is 0 Å². The highest BCUT2D eigenvalue weighted by Crippen LogP contribution is 2.56. The smallest absolute Gasteiger partial charge is 0.0713 e. The normalized spacial score (nSPS) is 13.1. The van der Waals surface area contributed by atoms with E-state index in [0.717, 1.165) is 34.1 Å². The second-order valence-electron chi connectivity index (χ2n) is 17.9. The highest BCUT2D eigenvalue weighted by atomic mass is 15.1. The standard InChI is InChI=1S/C57H52N2/c1-55(2,3)41-25-33-47(34-26-41)58(45-17-9-7-10-18-45)49-37-29-43(30-38-49)57(53-23-15-13-21-51(53)52-22-14-16-24-54(52)57)44-31-39-50(40-32-44)59(46-19-11-8-12-20-46)48-35-27-42(28-36-48)56(4,5)6/h7-40H,1-6H3. The summed E-state index contributed by atoms with van der Waals surface area (Å²) in [5.74, 6) is 0. The molecule has 8 aromatic carbocycles. The van der Waals surface area contributed by atoms with Gasteiger partial charge in [0.2, 0.25) is 0 Å². The van der Waals surface area contributed by atoms with Crippen molar-refractivity contribution in [2.24, 2.45) is 0 Å². The Bertz CT molecular complexity index is 2490. The molecule has 0 saturated heterocycles. The van der Waals surface area contributed by atoms with E-state index >= 15 is 0 Å². The number of benzene rings is 8. The molecule has 0 atom stereocenters. The minimum atomic E-state index is -0.526. The van der Waals surface area contributed by atoms with Crippen molar-refractivity contribution in [1.29, 1.82) is 0 Å². The van der Waals surface area contributed by atoms with Crippen LogP contribution in [0.4, 0.5) is 34.1 Å². The summed E-state index contributed by atoms with van der Waals surface area (Å²) in [6, 6.07) is 76.1. The van der Waals surface area contributed by atoms with Gasteiger partial charge in [0.05, 0.1) is 5.41 Å². The van der Waals surface area contributed by atoms with Crippen LogP contribution < -0.4 is 9.80 Å². The SMILES string of the molecule is CC(C)(C)c1ccc(N(c2ccccc2)c2ccc(C3(c4ccc(N(c5ccccc5)c5ccc(C(C)(C)C)cc5)cc4)c4ccccc4-c4ccccc43)cc2)cc1. The van der Waals surface area contributed by atoms with Gasteiger partial charge in [-0.2, -0.15) is 0 Å². The van der Waals surface area contributed by atoms with E-state index in [0.29, 0.717) is 0 Å². The zero-order valence-electron chi connectivity index (χ0n) is 35.0. The van der Waals surface area contributed by atoms with Crippen molar-refractivity contribution in [3.8, 4) is 11.1 Å². The highest BCUT2D eigenvalue weighted by molar-refractivity contribution is 5.87. The number of hydrogen-bond acceptors (Lipinski definition) is 2. The molecule has 9 rings (SSSR count). The quantitative estimate of drug-likeness (QED) is 0.152. The van der Waals surface area contributed by atoms with E-state index in [2.05, 4.69) is 258 Å². The minimum Gasteiger partial charge on any atom is -0.311 e. The molecule has 0 heterocycles. The number of fused-ring (bicyclic) bond motifs is 3. The highest BCUT2D eigenvalue weighted by Gasteiger charge is 2.46. The summed E-state index contributed by atoms with van der Waals surface area (Å²) < 4.78 is 0. The van der Waals surface area contributed by atoms with Crippen LogP contribution in [0.1, 0.15) is 74.9 Å². The fourth-order valence-corrected chi connectivity index (χ4v) is 9.01. The predicted molar refractivity (Wildman–Crippen MR) is 251 cm³/mol. The first-order valence-electron chi connectivity index (χ1n) is 20.9. The van der Waals surface area contributed by atoms with Crippen LogP contribution in [-0.4, -0.2) is 0 Å². The molecule has 0 bridgehead atoms. The van der Waals surface area contributed by atoms with Crippen LogP contribution in [0.25, 0.3) is 11.1 Å². The van der Waals surface area contributed by atoms with Crippen LogP contribution in [0.15, 0.2) is 206 Å². The molecule has 0 saturated carbocycles. The average Bonchev–Trinajstić information content (AvgIpc) is 3.56. The fourth-order valence-electron chi connectivity index (χ4n) is 9.01. The third-order valence-electron chi connectivity index (χ3n) is 12.1. The predicted octanol–water partition coefficient (Wildman–Crippen LogP) is 15.6. The number of hydrogen-bond donors (Lipinski definition) is 0. The molecule has 0 amide bonds. The summed E-state index contributed by atoms with van der Waals surface area (Å²) >= 11 is 0. The lowest BCUT2D eigenvalue weighted by Crippen LogP contribution is -2.28. The van der Waals surface area contributed by atoms with Gasteiger partial charge < -0.3 is 9.80 Å². The van der Waals surface area contributed by atoms with Gasteiger partial charge in [0.15, 0.2) is 0 Å². The van der Waals surface area contributed by atoms with Crippen LogP contribution in [0.5, 0.6) is 0 Å². The van der Waals surface area contributed by atoms with E-state index in [1.54, 1.807) is 0 Å². The lowest BCUT2D eigenvalue weighted by molar-refractivity contribution is 0.590. The van der Waals surface area contributed by atoms with Gasteiger partial charge in [0, 0.05) is 34.1 Å². The molecule has 0 aliphatic heterocycles. The van der Waals surface area contributed by atoms with Crippen molar-refractivity contribution in [1.82, 2.24) is 0 Å². The summed E-state index contributed by atoms with van der Waals surface area (Å²) in [4.78, 5) is 4.72. The molecule has 59 heavy (non-hydrogen) atoms. The van der Waals surface area contributed by atoms with Crippen LogP contribution >= 0.6 is 0 Å². The van der Waals surface area contributed by atoms with E-state index < -0.39 is 5.41 Å². The van der Waals surface area contributed by atoms with Crippen LogP contribution in [0.3, 0.4) is 0 Å². The van der Waals surface area contributed by atoms with E-state index in [9.17, 15) is 0 Å². The summed E-state index contributed by atoms with van der Waals surface area (Å²) in [6.07, 6.45) is 0. The van der Waals surface area contributed by atoms with Crippen molar-refractivity contribution in [2.75, 3.05) is 9.80 Å². The molecular weight excluding hydrogens is 713 g/mol. The van der Waals surface area contributed by atoms with Crippen molar-refractivity contribution >= 4 is 34.1 Å². The van der Waals surface area contributed by atoms with E-state index in [4.69, 9.17) is 0 Å². The molecule has 2 nitrogen and oxygen atoms in total. The van der Waals surface area contributed by atoms with E-state index in [1.807, 2.05) is 0 Å². The maximum absolute atomic E-state index is 2.36. The van der Waals surface area contributed by atoms with Crippen LogP contribution in [0, 0.1) is 0 Å². The zero-order valence-corrected chi connectivity index (χ0v) is 35.0. The summed E-state index contributed by atoms with van der Waals surface area (Å²) in [6.45, 7) is 13.6. The van der Waals surface area contributed by atoms with Crippen molar-refractivity contribution in [2.45, 2.75) is 57.8 Å². The second kappa shape index (κ2) is 14.9. The second-order valence-corrected chi connectivity index (χ2v) is 17.9.